The molecule has 4 nitrogen and oxygen atoms in total. The van der Waals surface area contributed by atoms with Gasteiger partial charge in [0.25, 0.3) is 5.91 Å². The topological polar surface area (TPSA) is 57.6 Å². The number of carbonyl (C=O) groups is 2. The molecule has 1 N–H and O–H groups in total. The lowest BCUT2D eigenvalue weighted by Gasteiger charge is -2.24. The lowest BCUT2D eigenvalue weighted by molar-refractivity contribution is -0.136. The molecule has 34 heavy (non-hydrogen) atoms. The fourth-order valence-electron chi connectivity index (χ4n) is 4.70. The summed E-state index contributed by atoms with van der Waals surface area (Å²) in [6.45, 7) is 10.5. The van der Waals surface area contributed by atoms with Gasteiger partial charge in [-0.25, -0.2) is 0 Å². The number of Topliss-reactive ketones (excluding diaryl/α,β-unsaturated/α-hetero) is 1. The van der Waals surface area contributed by atoms with Crippen LogP contribution in [0.1, 0.15) is 69.9 Å². The average molecular weight is 520 g/mol. The number of halogens is 1. The van der Waals surface area contributed by atoms with Gasteiger partial charge >= 0.3 is 0 Å². The first kappa shape index (κ1) is 24.4. The van der Waals surface area contributed by atoms with Crippen LogP contribution in [0.5, 0.6) is 0 Å². The number of carbonyl (C=O) groups excluding carboxylic acids is 2. The lowest BCUT2D eigenvalue weighted by atomic mass is 9.87. The van der Waals surface area contributed by atoms with Crippen LogP contribution in [-0.2, 0) is 16.9 Å². The van der Waals surface area contributed by atoms with Crippen molar-refractivity contribution < 1.29 is 14.7 Å². The molecular weight excluding hydrogens is 490 g/mol. The maximum absolute atomic E-state index is 13.7. The van der Waals surface area contributed by atoms with Gasteiger partial charge in [0.1, 0.15) is 0 Å². The van der Waals surface area contributed by atoms with Crippen molar-refractivity contribution in [2.75, 3.05) is 4.90 Å². The summed E-state index contributed by atoms with van der Waals surface area (Å²) in [7, 11) is 0. The molecular formula is C29H30BrNO3. The monoisotopic (exact) mass is 519 g/mol. The molecule has 0 fully saturated rings. The van der Waals surface area contributed by atoms with Crippen molar-refractivity contribution in [3.63, 3.8) is 0 Å². The van der Waals surface area contributed by atoms with Crippen LogP contribution in [0.15, 0.2) is 59.1 Å². The summed E-state index contributed by atoms with van der Waals surface area (Å²) < 4.78 is 0.747. The molecule has 1 atom stereocenters. The van der Waals surface area contributed by atoms with E-state index in [1.165, 1.54) is 5.56 Å². The van der Waals surface area contributed by atoms with E-state index in [0.29, 0.717) is 29.3 Å². The summed E-state index contributed by atoms with van der Waals surface area (Å²) in [6, 6.07) is 17.3. The van der Waals surface area contributed by atoms with Gasteiger partial charge in [0, 0.05) is 15.6 Å². The number of nitrogens with zero attached hydrogens (tertiary/aromatic N) is 1. The summed E-state index contributed by atoms with van der Waals surface area (Å²) in [5.41, 5.74) is 4.91. The molecule has 0 saturated heterocycles. The van der Waals surface area contributed by atoms with Crippen LogP contribution in [0.4, 0.5) is 5.69 Å². The quantitative estimate of drug-likeness (QED) is 0.378. The van der Waals surface area contributed by atoms with Crippen molar-refractivity contribution >= 4 is 33.3 Å². The van der Waals surface area contributed by atoms with Crippen LogP contribution in [-0.4, -0.2) is 16.8 Å². The third-order valence-electron chi connectivity index (χ3n) is 6.76. The summed E-state index contributed by atoms with van der Waals surface area (Å²) >= 11 is 3.47. The zero-order chi connectivity index (χ0) is 24.8. The van der Waals surface area contributed by atoms with Crippen LogP contribution < -0.4 is 4.90 Å². The number of benzene rings is 3. The number of hydrogen-bond acceptors (Lipinski definition) is 3. The zero-order valence-electron chi connectivity index (χ0n) is 20.3. The van der Waals surface area contributed by atoms with Crippen molar-refractivity contribution in [1.29, 1.82) is 0 Å². The minimum Gasteiger partial charge on any atom is -0.375 e. The Kier molecular flexibility index (Phi) is 6.54. The van der Waals surface area contributed by atoms with Gasteiger partial charge in [-0.3, -0.25) is 9.59 Å². The van der Waals surface area contributed by atoms with Crippen LogP contribution >= 0.6 is 15.9 Å². The number of aryl methyl sites for hydroxylation is 3. The molecule has 0 unspecified atom stereocenters. The first-order chi connectivity index (χ1) is 16.0. The van der Waals surface area contributed by atoms with Crippen molar-refractivity contribution in [2.45, 2.75) is 59.1 Å². The third-order valence-corrected chi connectivity index (χ3v) is 7.25. The third kappa shape index (κ3) is 4.35. The Morgan fingerprint density at radius 1 is 1.00 bits per heavy atom. The largest absolute Gasteiger partial charge is 0.375 e. The fourth-order valence-corrected chi connectivity index (χ4v) is 5.06. The van der Waals surface area contributed by atoms with E-state index < -0.39 is 11.5 Å². The Balaban J connectivity index is 1.73. The molecule has 1 aliphatic rings. The molecule has 0 radical (unpaired) electrons. The zero-order valence-corrected chi connectivity index (χ0v) is 21.9. The van der Waals surface area contributed by atoms with E-state index in [4.69, 9.17) is 0 Å². The predicted molar refractivity (Wildman–Crippen MR) is 139 cm³/mol. The highest BCUT2D eigenvalue weighted by atomic mass is 79.9. The number of anilines is 1. The second-order valence-corrected chi connectivity index (χ2v) is 10.6. The van der Waals surface area contributed by atoms with E-state index in [0.717, 1.165) is 26.7 Å². The predicted octanol–water partition coefficient (Wildman–Crippen LogP) is 6.51. The molecule has 176 valence electrons. The Morgan fingerprint density at radius 2 is 1.74 bits per heavy atom. The van der Waals surface area contributed by atoms with E-state index >= 15 is 0 Å². The smallest absolute Gasteiger partial charge is 0.264 e. The van der Waals surface area contributed by atoms with E-state index in [1.54, 1.807) is 17.0 Å². The standard InChI is InChI=1S/C29H30BrNO3/c1-17(2)21-8-7-19(4)22(13-21)16-31-26-11-9-23(30)14-25(26)29(34,28(31)33)15-27(32)24-10-6-18(3)12-20(24)5/h6-14,17,34H,15-16H2,1-5H3/t29-/m1/s1. The molecule has 1 amide bonds. The molecule has 0 spiro atoms. The first-order valence-electron chi connectivity index (χ1n) is 11.6. The fraction of sp³-hybridized carbons (Fsp3) is 0.310. The Bertz CT molecular complexity index is 1300. The maximum atomic E-state index is 13.7. The van der Waals surface area contributed by atoms with Gasteiger partial charge < -0.3 is 10.0 Å². The van der Waals surface area contributed by atoms with Crippen LogP contribution in [0.25, 0.3) is 0 Å². The molecule has 3 aromatic rings. The van der Waals surface area contributed by atoms with Gasteiger partial charge in [-0.15, -0.1) is 0 Å². The van der Waals surface area contributed by atoms with Crippen molar-refractivity contribution in [3.8, 4) is 0 Å². The summed E-state index contributed by atoms with van der Waals surface area (Å²) in [4.78, 5) is 28.6. The summed E-state index contributed by atoms with van der Waals surface area (Å²) in [6.07, 6.45) is -0.305. The van der Waals surface area contributed by atoms with E-state index in [2.05, 4.69) is 48.0 Å². The number of aliphatic hydroxyl groups is 1. The molecule has 5 heteroatoms. The number of amides is 1. The number of hydrogen-bond donors (Lipinski definition) is 1. The molecule has 0 saturated carbocycles. The highest BCUT2D eigenvalue weighted by molar-refractivity contribution is 9.10. The molecule has 1 aliphatic heterocycles. The molecule has 4 rings (SSSR count). The van der Waals surface area contributed by atoms with Gasteiger partial charge in [0.2, 0.25) is 0 Å². The second-order valence-electron chi connectivity index (χ2n) is 9.67. The molecule has 0 aromatic heterocycles. The van der Waals surface area contributed by atoms with Crippen LogP contribution in [0.3, 0.4) is 0 Å². The average Bonchev–Trinajstić information content (AvgIpc) is 2.96. The van der Waals surface area contributed by atoms with Crippen LogP contribution in [0.2, 0.25) is 0 Å². The molecule has 3 aromatic carbocycles. The highest BCUT2D eigenvalue weighted by Gasteiger charge is 2.51. The van der Waals surface area contributed by atoms with Gasteiger partial charge in [0.15, 0.2) is 11.4 Å². The lowest BCUT2D eigenvalue weighted by Crippen LogP contribution is -2.41. The van der Waals surface area contributed by atoms with Gasteiger partial charge in [-0.2, -0.15) is 0 Å². The molecule has 1 heterocycles. The first-order valence-corrected chi connectivity index (χ1v) is 12.3. The number of ketones is 1. The van der Waals surface area contributed by atoms with Crippen molar-refractivity contribution in [2.24, 2.45) is 0 Å². The number of fused-ring (bicyclic) bond motifs is 1. The van der Waals surface area contributed by atoms with E-state index in [-0.39, 0.29) is 12.2 Å². The molecule has 0 aliphatic carbocycles. The Morgan fingerprint density at radius 3 is 2.41 bits per heavy atom. The van der Waals surface area contributed by atoms with Crippen LogP contribution in [0, 0.1) is 20.8 Å². The van der Waals surface area contributed by atoms with Gasteiger partial charge in [-0.1, -0.05) is 71.7 Å². The Hall–Kier alpha value is -2.76. The molecule has 0 bridgehead atoms. The maximum Gasteiger partial charge on any atom is 0.264 e. The minimum atomic E-state index is -1.92. The van der Waals surface area contributed by atoms with E-state index in [1.807, 2.05) is 45.0 Å². The van der Waals surface area contributed by atoms with Crippen molar-refractivity contribution in [1.82, 2.24) is 0 Å². The number of rotatable bonds is 6. The normalized spacial score (nSPS) is 17.4. The van der Waals surface area contributed by atoms with Gasteiger partial charge in [-0.05, 0) is 67.1 Å². The van der Waals surface area contributed by atoms with E-state index in [9.17, 15) is 14.7 Å². The second kappa shape index (κ2) is 9.12. The minimum absolute atomic E-state index is 0.251. The SMILES string of the molecule is Cc1ccc(C(=O)C[C@]2(O)C(=O)N(Cc3cc(C(C)C)ccc3C)c3ccc(Br)cc32)c(C)c1. The summed E-state index contributed by atoms with van der Waals surface area (Å²) in [5.74, 6) is -0.351. The van der Waals surface area contributed by atoms with Crippen molar-refractivity contribution in [3.05, 3.63) is 98.0 Å². The highest BCUT2D eigenvalue weighted by Crippen LogP contribution is 2.45. The summed E-state index contributed by atoms with van der Waals surface area (Å²) in [5, 5.41) is 11.7. The van der Waals surface area contributed by atoms with Gasteiger partial charge in [0.05, 0.1) is 18.7 Å². The Labute approximate surface area is 209 Å².